The van der Waals surface area contributed by atoms with Crippen LogP contribution in [0.5, 0.6) is 5.75 Å². The number of hydrogen-bond acceptors (Lipinski definition) is 4. The minimum atomic E-state index is -3.68. The lowest BCUT2D eigenvalue weighted by atomic mass is 10.1. The second-order valence-electron chi connectivity index (χ2n) is 2.99. The molecule has 0 atom stereocenters. The summed E-state index contributed by atoms with van der Waals surface area (Å²) in [5, 5.41) is 0. The van der Waals surface area contributed by atoms with Crippen molar-refractivity contribution in [3.05, 3.63) is 29.6 Å². The Morgan fingerprint density at radius 2 is 2.00 bits per heavy atom. The van der Waals surface area contributed by atoms with Crippen LogP contribution in [0.2, 0.25) is 0 Å². The highest BCUT2D eigenvalue weighted by molar-refractivity contribution is 7.86. The molecule has 1 aromatic carbocycles. The zero-order valence-corrected chi connectivity index (χ0v) is 8.97. The van der Waals surface area contributed by atoms with E-state index >= 15 is 0 Å². The van der Waals surface area contributed by atoms with Gasteiger partial charge in [-0.2, -0.15) is 8.42 Å². The topological polar surface area (TPSA) is 60.4 Å². The van der Waals surface area contributed by atoms with Gasteiger partial charge in [-0.1, -0.05) is 0 Å². The highest BCUT2D eigenvalue weighted by atomic mass is 32.2. The summed E-state index contributed by atoms with van der Waals surface area (Å²) in [5.41, 5.74) is -0.101. The molecule has 0 fully saturated rings. The highest BCUT2D eigenvalue weighted by Gasteiger charge is 2.10. The van der Waals surface area contributed by atoms with Crippen LogP contribution in [0.3, 0.4) is 0 Å². The lowest BCUT2D eigenvalue weighted by Crippen LogP contribution is -2.06. The Kier molecular flexibility index (Phi) is 3.09. The van der Waals surface area contributed by atoms with Gasteiger partial charge in [-0.25, -0.2) is 4.39 Å². The third-order valence-electron chi connectivity index (χ3n) is 1.57. The third-order valence-corrected chi connectivity index (χ3v) is 2.06. The zero-order chi connectivity index (χ0) is 11.6. The molecule has 1 aromatic rings. The van der Waals surface area contributed by atoms with Crippen LogP contribution < -0.4 is 4.18 Å². The van der Waals surface area contributed by atoms with E-state index in [0.29, 0.717) is 0 Å². The van der Waals surface area contributed by atoms with Gasteiger partial charge in [-0.3, -0.25) is 4.79 Å². The number of carbonyl (C=O) groups excluding carboxylic acids is 1. The number of halogens is 1. The summed E-state index contributed by atoms with van der Waals surface area (Å²) in [6.45, 7) is 1.22. The average molecular weight is 232 g/mol. The summed E-state index contributed by atoms with van der Waals surface area (Å²) in [6.07, 6.45) is 0.851. The maximum absolute atomic E-state index is 13.2. The standard InChI is InChI=1S/C9H9FO4S/c1-6(11)8-4-3-7(5-9(8)10)14-15(2,12)13/h3-5H,1-2H3. The van der Waals surface area contributed by atoms with Gasteiger partial charge in [-0.05, 0) is 19.1 Å². The van der Waals surface area contributed by atoms with Crippen molar-refractivity contribution in [1.29, 1.82) is 0 Å². The van der Waals surface area contributed by atoms with E-state index in [-0.39, 0.29) is 11.3 Å². The molecule has 0 N–H and O–H groups in total. The molecular weight excluding hydrogens is 223 g/mol. The fourth-order valence-electron chi connectivity index (χ4n) is 1.01. The van der Waals surface area contributed by atoms with Gasteiger partial charge in [0.2, 0.25) is 0 Å². The number of rotatable bonds is 3. The second kappa shape index (κ2) is 3.98. The van der Waals surface area contributed by atoms with Gasteiger partial charge >= 0.3 is 10.1 Å². The molecule has 6 heteroatoms. The molecule has 0 aliphatic carbocycles. The molecule has 0 bridgehead atoms. The summed E-state index contributed by atoms with van der Waals surface area (Å²) >= 11 is 0. The maximum atomic E-state index is 13.2. The van der Waals surface area contributed by atoms with E-state index in [1.807, 2.05) is 0 Å². The molecule has 0 heterocycles. The van der Waals surface area contributed by atoms with Crippen molar-refractivity contribution < 1.29 is 21.8 Å². The monoisotopic (exact) mass is 232 g/mol. The van der Waals surface area contributed by atoms with Gasteiger partial charge < -0.3 is 4.18 Å². The number of Topliss-reactive ketones (excluding diaryl/α,β-unsaturated/α-hetero) is 1. The first-order chi connectivity index (χ1) is 6.79. The van der Waals surface area contributed by atoms with E-state index in [1.165, 1.54) is 19.1 Å². The van der Waals surface area contributed by atoms with Crippen LogP contribution in [0.4, 0.5) is 4.39 Å². The molecule has 82 valence electrons. The SMILES string of the molecule is CC(=O)c1ccc(OS(C)(=O)=O)cc1F. The largest absolute Gasteiger partial charge is 0.382 e. The summed E-state index contributed by atoms with van der Waals surface area (Å²) in [4.78, 5) is 10.9. The van der Waals surface area contributed by atoms with Crippen LogP contribution in [-0.4, -0.2) is 20.5 Å². The molecule has 0 saturated heterocycles. The third kappa shape index (κ3) is 3.32. The fourth-order valence-corrected chi connectivity index (χ4v) is 1.46. The lowest BCUT2D eigenvalue weighted by Gasteiger charge is -2.04. The molecule has 0 saturated carbocycles. The van der Waals surface area contributed by atoms with Gasteiger partial charge in [-0.15, -0.1) is 0 Å². The molecule has 1 rings (SSSR count). The Labute approximate surface area is 86.8 Å². The van der Waals surface area contributed by atoms with E-state index in [9.17, 15) is 17.6 Å². The van der Waals surface area contributed by atoms with Crippen LogP contribution in [0, 0.1) is 5.82 Å². The minimum absolute atomic E-state index is 0.101. The van der Waals surface area contributed by atoms with Crippen molar-refractivity contribution in [2.24, 2.45) is 0 Å². The van der Waals surface area contributed by atoms with Gasteiger partial charge in [0.15, 0.2) is 5.78 Å². The number of hydrogen-bond donors (Lipinski definition) is 0. The molecule has 0 spiro atoms. The van der Waals surface area contributed by atoms with Gasteiger partial charge in [0, 0.05) is 6.07 Å². The van der Waals surface area contributed by atoms with Crippen LogP contribution in [0.1, 0.15) is 17.3 Å². The molecule has 0 radical (unpaired) electrons. The summed E-state index contributed by atoms with van der Waals surface area (Å²) < 4.78 is 39.1. The molecule has 0 aromatic heterocycles. The van der Waals surface area contributed by atoms with Crippen molar-refractivity contribution in [1.82, 2.24) is 0 Å². The van der Waals surface area contributed by atoms with Crippen molar-refractivity contribution in [2.75, 3.05) is 6.26 Å². The van der Waals surface area contributed by atoms with Crippen LogP contribution in [0.15, 0.2) is 18.2 Å². The van der Waals surface area contributed by atoms with Crippen molar-refractivity contribution in [2.45, 2.75) is 6.92 Å². The number of benzene rings is 1. The Balaban J connectivity index is 3.07. The molecule has 0 unspecified atom stereocenters. The summed E-state index contributed by atoms with van der Waals surface area (Å²) in [5.74, 6) is -1.39. The molecule has 0 aliphatic heterocycles. The first-order valence-electron chi connectivity index (χ1n) is 3.99. The average Bonchev–Trinajstić information content (AvgIpc) is 1.99. The Hall–Kier alpha value is -1.43. The fraction of sp³-hybridized carbons (Fsp3) is 0.222. The predicted molar refractivity (Wildman–Crippen MR) is 51.9 cm³/mol. The molecule has 4 nitrogen and oxygen atoms in total. The molecule has 0 aliphatic rings. The predicted octanol–water partition coefficient (Wildman–Crippen LogP) is 1.37. The molecular formula is C9H9FO4S. The van der Waals surface area contributed by atoms with Crippen molar-refractivity contribution in [3.8, 4) is 5.75 Å². The molecule has 15 heavy (non-hydrogen) atoms. The number of carbonyl (C=O) groups is 1. The van der Waals surface area contributed by atoms with Crippen LogP contribution >= 0.6 is 0 Å². The zero-order valence-electron chi connectivity index (χ0n) is 8.15. The highest BCUT2D eigenvalue weighted by Crippen LogP contribution is 2.18. The quantitative estimate of drug-likeness (QED) is 0.583. The van der Waals surface area contributed by atoms with E-state index < -0.39 is 21.7 Å². The van der Waals surface area contributed by atoms with Crippen molar-refractivity contribution in [3.63, 3.8) is 0 Å². The van der Waals surface area contributed by atoms with E-state index in [4.69, 9.17) is 0 Å². The first-order valence-corrected chi connectivity index (χ1v) is 5.81. The van der Waals surface area contributed by atoms with Crippen LogP contribution in [0.25, 0.3) is 0 Å². The summed E-state index contributed by atoms with van der Waals surface area (Å²) in [7, 11) is -3.68. The van der Waals surface area contributed by atoms with Crippen LogP contribution in [-0.2, 0) is 10.1 Å². The maximum Gasteiger partial charge on any atom is 0.306 e. The van der Waals surface area contributed by atoms with Gasteiger partial charge in [0.1, 0.15) is 11.6 Å². The van der Waals surface area contributed by atoms with Gasteiger partial charge in [0.25, 0.3) is 0 Å². The van der Waals surface area contributed by atoms with Gasteiger partial charge in [0.05, 0.1) is 11.8 Å². The molecule has 0 amide bonds. The number of ketones is 1. The van der Waals surface area contributed by atoms with E-state index in [1.54, 1.807) is 0 Å². The minimum Gasteiger partial charge on any atom is -0.382 e. The van der Waals surface area contributed by atoms with E-state index in [2.05, 4.69) is 4.18 Å². The second-order valence-corrected chi connectivity index (χ2v) is 4.56. The Bertz CT molecular complexity index is 493. The lowest BCUT2D eigenvalue weighted by molar-refractivity contribution is 0.101. The Morgan fingerprint density at radius 3 is 2.40 bits per heavy atom. The smallest absolute Gasteiger partial charge is 0.306 e. The summed E-state index contributed by atoms with van der Waals surface area (Å²) in [6, 6.07) is 3.26. The normalized spacial score (nSPS) is 11.1. The first kappa shape index (κ1) is 11.6. The van der Waals surface area contributed by atoms with E-state index in [0.717, 1.165) is 12.3 Å². The Morgan fingerprint density at radius 1 is 1.40 bits per heavy atom. The van der Waals surface area contributed by atoms with Crippen molar-refractivity contribution >= 4 is 15.9 Å².